The van der Waals surface area contributed by atoms with Crippen LogP contribution in [-0.2, 0) is 14.4 Å². The van der Waals surface area contributed by atoms with Crippen molar-refractivity contribution in [3.05, 3.63) is 49.6 Å². The van der Waals surface area contributed by atoms with Crippen molar-refractivity contribution in [2.45, 2.75) is 66.3 Å². The summed E-state index contributed by atoms with van der Waals surface area (Å²) in [7, 11) is 1.60. The first-order valence-corrected chi connectivity index (χ1v) is 16.8. The summed E-state index contributed by atoms with van der Waals surface area (Å²) in [5, 5.41) is 9.12. The summed E-state index contributed by atoms with van der Waals surface area (Å²) >= 11 is 5.54. The van der Waals surface area contributed by atoms with Crippen LogP contribution in [-0.4, -0.2) is 93.4 Å². The Bertz CT molecular complexity index is 1150. The fourth-order valence-electron chi connectivity index (χ4n) is 6.97. The summed E-state index contributed by atoms with van der Waals surface area (Å²) in [6.07, 6.45) is 8.03. The Balaban J connectivity index is 1.74. The summed E-state index contributed by atoms with van der Waals surface area (Å²) in [6.45, 7) is 11.7. The zero-order valence-electron chi connectivity index (χ0n) is 24.8. The van der Waals surface area contributed by atoms with Gasteiger partial charge in [-0.25, -0.2) is 0 Å². The largest absolute Gasteiger partial charge is 0.497 e. The second-order valence-corrected chi connectivity index (χ2v) is 14.1. The van der Waals surface area contributed by atoms with Gasteiger partial charge in [0.05, 0.1) is 23.7 Å². The predicted molar refractivity (Wildman–Crippen MR) is 172 cm³/mol. The number of likely N-dealkylation sites (tertiary alicyclic amines) is 1. The molecule has 3 aliphatic heterocycles. The number of amides is 3. The number of aliphatic hydroxyl groups excluding tert-OH is 1. The molecule has 1 aromatic rings. The normalized spacial score (nSPS) is 27.6. The lowest BCUT2D eigenvalue weighted by atomic mass is 9.70. The molecule has 1 aromatic carbocycles. The quantitative estimate of drug-likeness (QED) is 0.158. The van der Waals surface area contributed by atoms with Gasteiger partial charge >= 0.3 is 0 Å². The fraction of sp³-hybridized carbons (Fsp3) is 0.594. The summed E-state index contributed by atoms with van der Waals surface area (Å²) in [4.78, 5) is 48.6. The van der Waals surface area contributed by atoms with Gasteiger partial charge in [0.2, 0.25) is 11.8 Å². The molecule has 42 heavy (non-hydrogen) atoms. The first-order valence-electron chi connectivity index (χ1n) is 15.0. The number of carbonyl (C=O) groups is 3. The molecule has 3 amide bonds. The van der Waals surface area contributed by atoms with E-state index in [9.17, 15) is 19.5 Å². The van der Waals surface area contributed by atoms with Crippen molar-refractivity contribution in [3.8, 4) is 5.75 Å². The highest BCUT2D eigenvalue weighted by Gasteiger charge is 2.76. The van der Waals surface area contributed by atoms with Gasteiger partial charge in [-0.05, 0) is 49.9 Å². The topological polar surface area (TPSA) is 90.4 Å². The van der Waals surface area contributed by atoms with Crippen molar-refractivity contribution in [2.75, 3.05) is 44.8 Å². The molecule has 4 rings (SSSR count). The van der Waals surface area contributed by atoms with Gasteiger partial charge in [0, 0.05) is 48.6 Å². The molecular formula is C32H44BrN3O5S. The second kappa shape index (κ2) is 14.4. The van der Waals surface area contributed by atoms with E-state index >= 15 is 0 Å². The van der Waals surface area contributed by atoms with Gasteiger partial charge in [-0.1, -0.05) is 47.8 Å². The minimum atomic E-state index is -0.712. The van der Waals surface area contributed by atoms with Crippen molar-refractivity contribution in [1.82, 2.24) is 9.80 Å². The number of unbranched alkanes of at least 4 members (excludes halogenated alkanes) is 3. The second-order valence-electron chi connectivity index (χ2n) is 11.3. The molecule has 3 heterocycles. The Morgan fingerprint density at radius 1 is 1.14 bits per heavy atom. The maximum absolute atomic E-state index is 14.7. The third kappa shape index (κ3) is 6.04. The van der Waals surface area contributed by atoms with E-state index in [-0.39, 0.29) is 34.4 Å². The first-order chi connectivity index (χ1) is 20.3. The number of alkyl halides is 1. The van der Waals surface area contributed by atoms with Crippen molar-refractivity contribution in [2.24, 2.45) is 11.8 Å². The molecule has 1 N–H and O–H groups in total. The molecule has 8 nitrogen and oxygen atoms in total. The smallest absolute Gasteiger partial charge is 0.251 e. The number of thioether (sulfide) groups is 1. The number of fused-ring (bicyclic) bond motifs is 1. The van der Waals surface area contributed by atoms with Crippen LogP contribution >= 0.6 is 27.7 Å². The number of rotatable bonds is 16. The summed E-state index contributed by atoms with van der Waals surface area (Å²) < 4.78 is 4.61. The predicted octanol–water partition coefficient (Wildman–Crippen LogP) is 4.66. The third-order valence-corrected chi connectivity index (χ3v) is 12.0. The number of aliphatic hydroxyl groups is 1. The Morgan fingerprint density at radius 2 is 1.83 bits per heavy atom. The third-order valence-electron chi connectivity index (χ3n) is 8.73. The van der Waals surface area contributed by atoms with Gasteiger partial charge < -0.3 is 24.5 Å². The molecule has 3 saturated heterocycles. The van der Waals surface area contributed by atoms with E-state index in [1.165, 1.54) is 0 Å². The highest BCUT2D eigenvalue weighted by atomic mass is 79.9. The number of methoxy groups -OCH3 is 1. The molecule has 1 spiro atoms. The van der Waals surface area contributed by atoms with Crippen LogP contribution in [0.4, 0.5) is 5.69 Å². The van der Waals surface area contributed by atoms with Crippen LogP contribution in [0.5, 0.6) is 5.75 Å². The van der Waals surface area contributed by atoms with Gasteiger partial charge in [-0.2, -0.15) is 0 Å². The molecule has 3 unspecified atom stereocenters. The van der Waals surface area contributed by atoms with E-state index < -0.39 is 22.6 Å². The van der Waals surface area contributed by atoms with E-state index in [0.29, 0.717) is 50.5 Å². The number of hydrogen-bond donors (Lipinski definition) is 1. The van der Waals surface area contributed by atoms with Crippen LogP contribution in [0.25, 0.3) is 0 Å². The van der Waals surface area contributed by atoms with Crippen LogP contribution in [0, 0.1) is 11.8 Å². The number of nitrogens with zero attached hydrogens (tertiary/aromatic N) is 3. The van der Waals surface area contributed by atoms with Crippen molar-refractivity contribution in [3.63, 3.8) is 0 Å². The molecule has 0 aromatic heterocycles. The first kappa shape index (κ1) is 32.6. The maximum Gasteiger partial charge on any atom is 0.251 e. The minimum Gasteiger partial charge on any atom is -0.497 e. The van der Waals surface area contributed by atoms with E-state index in [2.05, 4.69) is 29.1 Å². The Labute approximate surface area is 262 Å². The highest BCUT2D eigenvalue weighted by molar-refractivity contribution is 9.09. The highest BCUT2D eigenvalue weighted by Crippen LogP contribution is 2.68. The van der Waals surface area contributed by atoms with Crippen molar-refractivity contribution < 1.29 is 24.2 Å². The average molecular weight is 663 g/mol. The van der Waals surface area contributed by atoms with E-state index in [0.717, 1.165) is 25.7 Å². The molecule has 230 valence electrons. The van der Waals surface area contributed by atoms with Crippen LogP contribution in [0.3, 0.4) is 0 Å². The molecular weight excluding hydrogens is 618 g/mol. The van der Waals surface area contributed by atoms with E-state index in [4.69, 9.17) is 4.74 Å². The average Bonchev–Trinajstić information content (AvgIpc) is 3.58. The van der Waals surface area contributed by atoms with Gasteiger partial charge in [-0.15, -0.1) is 24.9 Å². The van der Waals surface area contributed by atoms with Crippen molar-refractivity contribution in [1.29, 1.82) is 0 Å². The Hall–Kier alpha value is -2.30. The van der Waals surface area contributed by atoms with Gasteiger partial charge in [0.1, 0.15) is 11.8 Å². The Morgan fingerprint density at radius 3 is 2.45 bits per heavy atom. The zero-order valence-corrected chi connectivity index (χ0v) is 27.2. The number of ether oxygens (including phenoxy) is 1. The lowest BCUT2D eigenvalue weighted by Gasteiger charge is -2.38. The molecule has 0 saturated carbocycles. The molecule has 6 atom stereocenters. The molecule has 2 bridgehead atoms. The molecule has 0 radical (unpaired) electrons. The standard InChI is InChI=1S/C32H44BrN3O5S/c1-5-16-34(17-6-2)29(38)25-26-30(39)36(19-10-8-9-11-20-37)28(32(26)21-24(33)27(25)42-32)31(40)35(18-7-3)22-12-14-23(41-4)15-13-22/h5,7,12-15,24-28,37H,1,3,6,8-11,16-21H2,2,4H3/t24?,25-,26-,27-,28?,32?/m0/s1. The summed E-state index contributed by atoms with van der Waals surface area (Å²) in [5.41, 5.74) is 0.705. The summed E-state index contributed by atoms with van der Waals surface area (Å²) in [6, 6.07) is 6.63. The fourth-order valence-corrected chi connectivity index (χ4v) is 10.6. The van der Waals surface area contributed by atoms with Gasteiger partial charge in [-0.3, -0.25) is 14.4 Å². The Kier molecular flexibility index (Phi) is 11.2. The van der Waals surface area contributed by atoms with Crippen LogP contribution in [0.15, 0.2) is 49.6 Å². The molecule has 3 aliphatic rings. The van der Waals surface area contributed by atoms with E-state index in [1.54, 1.807) is 40.8 Å². The lowest BCUT2D eigenvalue weighted by Crippen LogP contribution is -2.56. The van der Waals surface area contributed by atoms with Crippen LogP contribution in [0.2, 0.25) is 0 Å². The number of benzene rings is 1. The summed E-state index contributed by atoms with van der Waals surface area (Å²) in [5.74, 6) is -0.641. The molecule has 10 heteroatoms. The van der Waals surface area contributed by atoms with E-state index in [1.807, 2.05) is 36.1 Å². The van der Waals surface area contributed by atoms with Crippen molar-refractivity contribution >= 4 is 51.1 Å². The van der Waals surface area contributed by atoms with Gasteiger partial charge in [0.15, 0.2) is 0 Å². The lowest BCUT2D eigenvalue weighted by molar-refractivity contribution is -0.143. The SMILES string of the molecule is C=CCN(CCC)C(=O)[C@H]1[C@H]2C(=O)N(CCCCCCO)C(C(=O)N(CC=C)c3ccc(OC)cc3)C23CC(Br)[C@@H]1S3. The maximum atomic E-state index is 14.7. The number of carbonyl (C=O) groups excluding carboxylic acids is 3. The van der Waals surface area contributed by atoms with Crippen LogP contribution in [0.1, 0.15) is 45.4 Å². The van der Waals surface area contributed by atoms with Crippen LogP contribution < -0.4 is 9.64 Å². The molecule has 3 fully saturated rings. The monoisotopic (exact) mass is 661 g/mol. The number of hydrogen-bond acceptors (Lipinski definition) is 6. The number of anilines is 1. The minimum absolute atomic E-state index is 0.0151. The molecule has 0 aliphatic carbocycles. The zero-order chi connectivity index (χ0) is 30.4. The van der Waals surface area contributed by atoms with Gasteiger partial charge in [0.25, 0.3) is 5.91 Å². The number of halogens is 1.